The molecule has 1 unspecified atom stereocenters. The zero-order valence-corrected chi connectivity index (χ0v) is 8.57. The first-order chi connectivity index (χ1) is 6.58. The molecule has 1 rings (SSSR count). The van der Waals surface area contributed by atoms with Gasteiger partial charge in [0.05, 0.1) is 6.54 Å². The van der Waals surface area contributed by atoms with Crippen LogP contribution in [-0.4, -0.2) is 66.8 Å². The van der Waals surface area contributed by atoms with E-state index < -0.39 is 6.23 Å². The zero-order chi connectivity index (χ0) is 10.6. The summed E-state index contributed by atoms with van der Waals surface area (Å²) in [6.45, 7) is 7.40. The van der Waals surface area contributed by atoms with E-state index >= 15 is 0 Å². The van der Waals surface area contributed by atoms with Gasteiger partial charge in [-0.15, -0.1) is 0 Å². The number of hydrogen-bond donors (Lipinski definition) is 2. The summed E-state index contributed by atoms with van der Waals surface area (Å²) < 4.78 is 0. The molecule has 0 aromatic carbocycles. The standard InChI is InChI=1S/C9H18N3O2/c1-8(13)10-9(14)7-12-5-3-11(2)4-6-12/h8,13H,1,3-7H2,2H3,(H,10,14). The minimum Gasteiger partial charge on any atom is -0.374 e. The highest BCUT2D eigenvalue weighted by molar-refractivity contribution is 5.78. The van der Waals surface area contributed by atoms with Gasteiger partial charge in [-0.1, -0.05) is 0 Å². The van der Waals surface area contributed by atoms with Gasteiger partial charge in [0.15, 0.2) is 0 Å². The molecule has 1 fully saturated rings. The van der Waals surface area contributed by atoms with E-state index in [1.165, 1.54) is 0 Å². The maximum atomic E-state index is 11.2. The van der Waals surface area contributed by atoms with Crippen molar-refractivity contribution in [2.45, 2.75) is 6.23 Å². The summed E-state index contributed by atoms with van der Waals surface area (Å²) in [6, 6.07) is 0. The molecule has 0 aromatic heterocycles. The number of nitrogens with zero attached hydrogens (tertiary/aromatic N) is 2. The summed E-state index contributed by atoms with van der Waals surface area (Å²) in [7, 11) is 2.07. The van der Waals surface area contributed by atoms with Gasteiger partial charge < -0.3 is 15.3 Å². The monoisotopic (exact) mass is 200 g/mol. The number of likely N-dealkylation sites (N-methyl/N-ethyl adjacent to an activating group) is 1. The van der Waals surface area contributed by atoms with Crippen LogP contribution in [0.5, 0.6) is 0 Å². The number of rotatable bonds is 3. The largest absolute Gasteiger partial charge is 0.374 e. The third kappa shape index (κ3) is 4.04. The Morgan fingerprint density at radius 1 is 1.50 bits per heavy atom. The Bertz CT molecular complexity index is 188. The molecule has 1 saturated heterocycles. The summed E-state index contributed by atoms with van der Waals surface area (Å²) in [4.78, 5) is 15.5. The van der Waals surface area contributed by atoms with E-state index in [2.05, 4.69) is 29.1 Å². The Morgan fingerprint density at radius 3 is 2.57 bits per heavy atom. The molecule has 1 heterocycles. The van der Waals surface area contributed by atoms with Gasteiger partial charge in [-0.2, -0.15) is 0 Å². The molecule has 1 amide bonds. The van der Waals surface area contributed by atoms with Crippen molar-refractivity contribution in [3.05, 3.63) is 6.92 Å². The van der Waals surface area contributed by atoms with Crippen LogP contribution in [0.25, 0.3) is 0 Å². The van der Waals surface area contributed by atoms with Crippen LogP contribution in [0.15, 0.2) is 0 Å². The van der Waals surface area contributed by atoms with E-state index in [4.69, 9.17) is 5.11 Å². The maximum absolute atomic E-state index is 11.2. The molecule has 0 aromatic rings. The number of amides is 1. The fourth-order valence-corrected chi connectivity index (χ4v) is 1.44. The lowest BCUT2D eigenvalue weighted by Gasteiger charge is -2.31. The minimum atomic E-state index is -1.00. The second kappa shape index (κ2) is 5.29. The topological polar surface area (TPSA) is 55.8 Å². The smallest absolute Gasteiger partial charge is 0.236 e. The molecule has 1 radical (unpaired) electrons. The normalized spacial score (nSPS) is 21.9. The quantitative estimate of drug-likeness (QED) is 0.545. The van der Waals surface area contributed by atoms with Gasteiger partial charge in [0.2, 0.25) is 5.91 Å². The number of aliphatic hydroxyl groups excluding tert-OH is 1. The lowest BCUT2D eigenvalue weighted by molar-refractivity contribution is -0.124. The number of nitrogens with one attached hydrogen (secondary N) is 1. The average molecular weight is 200 g/mol. The molecule has 81 valence electrons. The van der Waals surface area contributed by atoms with Crippen LogP contribution < -0.4 is 5.32 Å². The molecule has 0 bridgehead atoms. The van der Waals surface area contributed by atoms with Crippen LogP contribution in [0.2, 0.25) is 0 Å². The van der Waals surface area contributed by atoms with Gasteiger partial charge >= 0.3 is 0 Å². The number of carbonyl (C=O) groups excluding carboxylic acids is 1. The van der Waals surface area contributed by atoms with Crippen molar-refractivity contribution >= 4 is 5.91 Å². The highest BCUT2D eigenvalue weighted by atomic mass is 16.3. The molecule has 5 heteroatoms. The Labute approximate surface area is 84.7 Å². The van der Waals surface area contributed by atoms with Crippen molar-refractivity contribution in [2.24, 2.45) is 0 Å². The molecular formula is C9H18N3O2. The van der Waals surface area contributed by atoms with Crippen molar-refractivity contribution in [3.8, 4) is 0 Å². The van der Waals surface area contributed by atoms with E-state index in [-0.39, 0.29) is 5.91 Å². The van der Waals surface area contributed by atoms with Crippen LogP contribution in [0.4, 0.5) is 0 Å². The molecule has 1 atom stereocenters. The van der Waals surface area contributed by atoms with Crippen LogP contribution in [0.3, 0.4) is 0 Å². The van der Waals surface area contributed by atoms with Crippen LogP contribution in [0.1, 0.15) is 0 Å². The van der Waals surface area contributed by atoms with E-state index in [0.717, 1.165) is 26.2 Å². The molecule has 1 aliphatic rings. The number of aliphatic hydroxyl groups is 1. The SMILES string of the molecule is [CH2]C(O)NC(=O)CN1CCN(C)CC1. The molecular weight excluding hydrogens is 182 g/mol. The fourth-order valence-electron chi connectivity index (χ4n) is 1.44. The summed E-state index contributed by atoms with van der Waals surface area (Å²) in [6.07, 6.45) is -1.00. The zero-order valence-electron chi connectivity index (χ0n) is 8.57. The van der Waals surface area contributed by atoms with E-state index in [0.29, 0.717) is 6.54 Å². The van der Waals surface area contributed by atoms with Crippen LogP contribution >= 0.6 is 0 Å². The predicted molar refractivity (Wildman–Crippen MR) is 53.4 cm³/mol. The predicted octanol–water partition coefficient (Wildman–Crippen LogP) is -1.50. The summed E-state index contributed by atoms with van der Waals surface area (Å²) >= 11 is 0. The first-order valence-electron chi connectivity index (χ1n) is 4.79. The number of carbonyl (C=O) groups is 1. The first-order valence-corrected chi connectivity index (χ1v) is 4.79. The number of piperazine rings is 1. The van der Waals surface area contributed by atoms with Gasteiger partial charge in [0.1, 0.15) is 6.23 Å². The summed E-state index contributed by atoms with van der Waals surface area (Å²) in [5, 5.41) is 11.2. The molecule has 0 aliphatic carbocycles. The lowest BCUT2D eigenvalue weighted by Crippen LogP contribution is -2.49. The third-order valence-corrected chi connectivity index (χ3v) is 2.29. The Kier molecular flexibility index (Phi) is 4.31. The van der Waals surface area contributed by atoms with Gasteiger partial charge in [-0.25, -0.2) is 0 Å². The van der Waals surface area contributed by atoms with Crippen LogP contribution in [0, 0.1) is 6.92 Å². The Balaban J connectivity index is 2.20. The molecule has 1 aliphatic heterocycles. The second-order valence-corrected chi connectivity index (χ2v) is 3.66. The molecule has 2 N–H and O–H groups in total. The average Bonchev–Trinajstić information content (AvgIpc) is 2.07. The van der Waals surface area contributed by atoms with Crippen molar-refractivity contribution in [1.29, 1.82) is 0 Å². The highest BCUT2D eigenvalue weighted by Crippen LogP contribution is 1.97. The molecule has 14 heavy (non-hydrogen) atoms. The summed E-state index contributed by atoms with van der Waals surface area (Å²) in [5.74, 6) is -0.169. The second-order valence-electron chi connectivity index (χ2n) is 3.66. The fraction of sp³-hybridized carbons (Fsp3) is 0.778. The van der Waals surface area contributed by atoms with E-state index in [1.807, 2.05) is 0 Å². The molecule has 5 nitrogen and oxygen atoms in total. The highest BCUT2D eigenvalue weighted by Gasteiger charge is 2.16. The third-order valence-electron chi connectivity index (χ3n) is 2.29. The van der Waals surface area contributed by atoms with Crippen molar-refractivity contribution < 1.29 is 9.90 Å². The van der Waals surface area contributed by atoms with E-state index in [9.17, 15) is 4.79 Å². The molecule has 0 spiro atoms. The van der Waals surface area contributed by atoms with Gasteiger partial charge in [-0.05, 0) is 14.0 Å². The van der Waals surface area contributed by atoms with Crippen LogP contribution in [-0.2, 0) is 4.79 Å². The van der Waals surface area contributed by atoms with Gasteiger partial charge in [0, 0.05) is 26.2 Å². The summed E-state index contributed by atoms with van der Waals surface area (Å²) in [5.41, 5.74) is 0. The minimum absolute atomic E-state index is 0.169. The number of hydrogen-bond acceptors (Lipinski definition) is 4. The lowest BCUT2D eigenvalue weighted by atomic mass is 10.3. The van der Waals surface area contributed by atoms with Crippen molar-refractivity contribution in [2.75, 3.05) is 39.8 Å². The first kappa shape index (κ1) is 11.4. The Hall–Kier alpha value is -0.650. The molecule has 0 saturated carbocycles. The van der Waals surface area contributed by atoms with Gasteiger partial charge in [0.25, 0.3) is 0 Å². The maximum Gasteiger partial charge on any atom is 0.236 e. The van der Waals surface area contributed by atoms with E-state index in [1.54, 1.807) is 0 Å². The van der Waals surface area contributed by atoms with Crippen molar-refractivity contribution in [3.63, 3.8) is 0 Å². The van der Waals surface area contributed by atoms with Crippen molar-refractivity contribution in [1.82, 2.24) is 15.1 Å². The van der Waals surface area contributed by atoms with Gasteiger partial charge in [-0.3, -0.25) is 9.69 Å². The Morgan fingerprint density at radius 2 is 2.07 bits per heavy atom.